The van der Waals surface area contributed by atoms with Gasteiger partial charge in [0.05, 0.1) is 0 Å². The second-order valence-electron chi connectivity index (χ2n) is 5.05. The number of carbonyl (C=O) groups is 2. The van der Waals surface area contributed by atoms with E-state index in [-0.39, 0.29) is 6.42 Å². The van der Waals surface area contributed by atoms with Gasteiger partial charge in [-0.2, -0.15) is 0 Å². The Morgan fingerprint density at radius 2 is 1.71 bits per heavy atom. The largest absolute Gasteiger partial charge is 0.481 e. The first-order valence-corrected chi connectivity index (χ1v) is 11.7. The lowest BCUT2D eigenvalue weighted by Gasteiger charge is -2.25. The first-order valence-electron chi connectivity index (χ1n) is 5.79. The van der Waals surface area contributed by atoms with Gasteiger partial charge in [0.2, 0.25) is 0 Å². The van der Waals surface area contributed by atoms with Crippen LogP contribution in [0.15, 0.2) is 0 Å². The molecule has 0 heterocycles. The van der Waals surface area contributed by atoms with E-state index >= 15 is 0 Å². The molecule has 0 unspecified atom stereocenters. The zero-order valence-corrected chi connectivity index (χ0v) is 13.0. The molecule has 2 N–H and O–H groups in total. The van der Waals surface area contributed by atoms with E-state index in [1.54, 1.807) is 0 Å². The summed E-state index contributed by atoms with van der Waals surface area (Å²) in [5, 5.41) is 17.4. The fourth-order valence-corrected chi connectivity index (χ4v) is 8.41. The summed E-state index contributed by atoms with van der Waals surface area (Å²) in [5.74, 6) is -3.79. The predicted molar refractivity (Wildman–Crippen MR) is 70.2 cm³/mol. The van der Waals surface area contributed by atoms with E-state index in [0.29, 0.717) is 6.42 Å². The summed E-state index contributed by atoms with van der Waals surface area (Å²) in [4.78, 5) is 21.4. The summed E-state index contributed by atoms with van der Waals surface area (Å²) >= 11 is 0. The maximum absolute atomic E-state index is 10.7. The molecular weight excluding hydrogens is 256 g/mol. The average Bonchev–Trinajstić information content (AvgIpc) is 2.08. The summed E-state index contributed by atoms with van der Waals surface area (Å²) in [7, 11) is -2.80. The Labute approximate surface area is 105 Å². The van der Waals surface area contributed by atoms with Crippen molar-refractivity contribution in [3.8, 4) is 0 Å². The van der Waals surface area contributed by atoms with Gasteiger partial charge in [-0.15, -0.1) is 0 Å². The van der Waals surface area contributed by atoms with E-state index in [4.69, 9.17) is 14.3 Å². The molecule has 0 aromatic heterocycles. The molecule has 0 fully saturated rings. The Morgan fingerprint density at radius 3 is 2.06 bits per heavy atom. The summed E-state index contributed by atoms with van der Waals surface area (Å²) in [6.45, 7) is 8.39. The Bertz CT molecular complexity index is 264. The summed E-state index contributed by atoms with van der Waals surface area (Å²) < 4.78 is 5.92. The van der Waals surface area contributed by atoms with Crippen LogP contribution in [0.1, 0.15) is 12.8 Å². The van der Waals surface area contributed by atoms with Gasteiger partial charge < -0.3 is 14.3 Å². The van der Waals surface area contributed by atoms with Gasteiger partial charge in [-0.1, -0.05) is 6.42 Å². The number of carboxylic acid groups (broad SMARTS) is 2. The number of rotatable bonds is 8. The van der Waals surface area contributed by atoms with Crippen LogP contribution in [0.2, 0.25) is 32.2 Å². The fraction of sp³-hybridized carbons (Fsp3) is 0.800. The molecule has 0 radical (unpaired) electrons. The number of hydrogen-bond donors (Lipinski definition) is 2. The van der Waals surface area contributed by atoms with E-state index in [1.165, 1.54) is 0 Å². The van der Waals surface area contributed by atoms with E-state index in [1.807, 2.05) is 0 Å². The first-order chi connectivity index (χ1) is 7.65. The summed E-state index contributed by atoms with van der Waals surface area (Å²) in [6, 6.07) is 0.815. The molecule has 0 aliphatic carbocycles. The molecular formula is C10H22O5Si2. The van der Waals surface area contributed by atoms with E-state index in [2.05, 4.69) is 26.2 Å². The molecule has 0 aliphatic rings. The molecule has 100 valence electrons. The highest BCUT2D eigenvalue weighted by atomic mass is 28.4. The monoisotopic (exact) mass is 278 g/mol. The highest BCUT2D eigenvalue weighted by Gasteiger charge is 2.28. The lowest BCUT2D eigenvalue weighted by Crippen LogP contribution is -2.35. The van der Waals surface area contributed by atoms with E-state index < -0.39 is 35.2 Å². The molecule has 0 bridgehead atoms. The minimum absolute atomic E-state index is 0.185. The third-order valence-electron chi connectivity index (χ3n) is 2.42. The van der Waals surface area contributed by atoms with Gasteiger partial charge in [-0.25, -0.2) is 0 Å². The Kier molecular flexibility index (Phi) is 6.65. The summed E-state index contributed by atoms with van der Waals surface area (Å²) in [6.07, 6.45) is 0.785. The second kappa shape index (κ2) is 6.92. The maximum Gasteiger partial charge on any atom is 0.317 e. The molecule has 0 aromatic rings. The smallest absolute Gasteiger partial charge is 0.317 e. The van der Waals surface area contributed by atoms with E-state index in [9.17, 15) is 9.59 Å². The van der Waals surface area contributed by atoms with Crippen LogP contribution in [-0.4, -0.2) is 39.5 Å². The third kappa shape index (κ3) is 7.29. The zero-order valence-electron chi connectivity index (χ0n) is 10.9. The fourth-order valence-electron chi connectivity index (χ4n) is 1.78. The van der Waals surface area contributed by atoms with Gasteiger partial charge >= 0.3 is 11.9 Å². The minimum Gasteiger partial charge on any atom is -0.481 e. The normalized spacial score (nSPS) is 12.1. The van der Waals surface area contributed by atoms with Crippen molar-refractivity contribution in [1.82, 2.24) is 0 Å². The van der Waals surface area contributed by atoms with Crippen LogP contribution in [0.5, 0.6) is 0 Å². The first kappa shape index (κ1) is 16.3. The minimum atomic E-state index is -1.73. The van der Waals surface area contributed by atoms with Gasteiger partial charge in [0.25, 0.3) is 0 Å². The molecule has 0 aromatic carbocycles. The number of aliphatic carboxylic acids is 2. The van der Waals surface area contributed by atoms with Crippen molar-refractivity contribution in [1.29, 1.82) is 0 Å². The van der Waals surface area contributed by atoms with Gasteiger partial charge in [-0.05, 0) is 38.7 Å². The second-order valence-corrected chi connectivity index (χ2v) is 12.1. The van der Waals surface area contributed by atoms with Crippen LogP contribution in [0.3, 0.4) is 0 Å². The van der Waals surface area contributed by atoms with Gasteiger partial charge in [-0.3, -0.25) is 9.59 Å². The van der Waals surface area contributed by atoms with Crippen molar-refractivity contribution in [2.24, 2.45) is 5.92 Å². The summed E-state index contributed by atoms with van der Waals surface area (Å²) in [5.41, 5.74) is 0. The van der Waals surface area contributed by atoms with Crippen molar-refractivity contribution < 1.29 is 23.9 Å². The zero-order chi connectivity index (χ0) is 13.6. The average molecular weight is 278 g/mol. The lowest BCUT2D eigenvalue weighted by molar-refractivity contribution is -0.154. The Morgan fingerprint density at radius 1 is 1.24 bits per heavy atom. The van der Waals surface area contributed by atoms with Crippen LogP contribution in [-0.2, 0) is 13.7 Å². The number of carboxylic acids is 2. The molecule has 0 aliphatic heterocycles. The van der Waals surface area contributed by atoms with Crippen molar-refractivity contribution in [3.05, 3.63) is 0 Å². The van der Waals surface area contributed by atoms with Crippen LogP contribution in [0, 0.1) is 5.92 Å². The maximum atomic E-state index is 10.7. The molecule has 0 spiro atoms. The van der Waals surface area contributed by atoms with Crippen molar-refractivity contribution >= 4 is 29.3 Å². The Balaban J connectivity index is 4.12. The van der Waals surface area contributed by atoms with Crippen molar-refractivity contribution in [2.75, 3.05) is 0 Å². The molecule has 0 saturated carbocycles. The molecule has 0 amide bonds. The molecule has 17 heavy (non-hydrogen) atoms. The van der Waals surface area contributed by atoms with Gasteiger partial charge in [0.1, 0.15) is 0 Å². The number of hydrogen-bond acceptors (Lipinski definition) is 3. The van der Waals surface area contributed by atoms with Gasteiger partial charge in [0.15, 0.2) is 23.3 Å². The lowest BCUT2D eigenvalue weighted by atomic mass is 10.1. The van der Waals surface area contributed by atoms with Crippen LogP contribution in [0.4, 0.5) is 0 Å². The highest BCUT2D eigenvalue weighted by molar-refractivity contribution is 6.77. The van der Waals surface area contributed by atoms with Crippen LogP contribution < -0.4 is 0 Å². The molecule has 0 rings (SSSR count). The van der Waals surface area contributed by atoms with Gasteiger partial charge in [0, 0.05) is 0 Å². The molecule has 7 heteroatoms. The molecule has 0 atom stereocenters. The highest BCUT2D eigenvalue weighted by Crippen LogP contribution is 2.19. The quantitative estimate of drug-likeness (QED) is 0.522. The third-order valence-corrected chi connectivity index (χ3v) is 8.42. The molecule has 0 saturated heterocycles. The Hall–Kier alpha value is -0.666. The standard InChI is InChI=1S/C10H22O5Si2/c1-16(2)15-17(3,4)7-5-6-8(9(11)12)10(13)14/h8,16H,5-7H2,1-4H3,(H,11,12)(H,13,14). The van der Waals surface area contributed by atoms with Crippen LogP contribution in [0.25, 0.3) is 0 Å². The van der Waals surface area contributed by atoms with Crippen LogP contribution >= 0.6 is 0 Å². The van der Waals surface area contributed by atoms with Crippen molar-refractivity contribution in [3.63, 3.8) is 0 Å². The van der Waals surface area contributed by atoms with E-state index in [0.717, 1.165) is 6.04 Å². The predicted octanol–water partition coefficient (Wildman–Crippen LogP) is 1.76. The molecule has 5 nitrogen and oxygen atoms in total. The SMILES string of the molecule is C[SiH](C)O[Si](C)(C)CCCC(C(=O)O)C(=O)O. The topological polar surface area (TPSA) is 83.8 Å². The van der Waals surface area contributed by atoms with Crippen molar-refractivity contribution in [2.45, 2.75) is 45.1 Å².